The fourth-order valence-electron chi connectivity index (χ4n) is 2.21. The summed E-state index contributed by atoms with van der Waals surface area (Å²) in [7, 11) is 6.11. The number of anilines is 2. The van der Waals surface area contributed by atoms with Crippen LogP contribution in [0.3, 0.4) is 0 Å². The Bertz CT molecular complexity index is 429. The number of nitrogens with zero attached hydrogens (tertiary/aromatic N) is 4. The maximum Gasteiger partial charge on any atom is 0.137 e. The summed E-state index contributed by atoms with van der Waals surface area (Å²) in [6.07, 6.45) is 0. The molecule has 0 saturated carbocycles. The van der Waals surface area contributed by atoms with E-state index in [2.05, 4.69) is 60.0 Å². The van der Waals surface area contributed by atoms with Gasteiger partial charge in [-0.25, -0.2) is 9.97 Å². The lowest BCUT2D eigenvalue weighted by Crippen LogP contribution is -2.35. The minimum Gasteiger partial charge on any atom is -0.373 e. The summed E-state index contributed by atoms with van der Waals surface area (Å²) in [6, 6.07) is 0. The van der Waals surface area contributed by atoms with E-state index in [1.807, 2.05) is 14.0 Å². The Morgan fingerprint density at radius 3 is 2.25 bits per heavy atom. The summed E-state index contributed by atoms with van der Waals surface area (Å²) in [4.78, 5) is 13.7. The van der Waals surface area contributed by atoms with Crippen LogP contribution in [-0.4, -0.2) is 55.6 Å². The van der Waals surface area contributed by atoms with Gasteiger partial charge in [0.25, 0.3) is 0 Å². The summed E-state index contributed by atoms with van der Waals surface area (Å²) in [5, 5.41) is 3.16. The van der Waals surface area contributed by atoms with Gasteiger partial charge in [-0.15, -0.1) is 0 Å². The molecule has 0 amide bonds. The van der Waals surface area contributed by atoms with Gasteiger partial charge in [-0.1, -0.05) is 13.8 Å². The number of nitrogens with one attached hydrogen (secondary N) is 1. The van der Waals surface area contributed by atoms with E-state index in [1.54, 1.807) is 0 Å². The van der Waals surface area contributed by atoms with E-state index in [4.69, 9.17) is 0 Å². The summed E-state index contributed by atoms with van der Waals surface area (Å²) in [6.45, 7) is 11.5. The second-order valence-corrected chi connectivity index (χ2v) is 5.96. The molecule has 5 heteroatoms. The van der Waals surface area contributed by atoms with Crippen molar-refractivity contribution in [1.29, 1.82) is 0 Å². The average molecular weight is 279 g/mol. The second-order valence-electron chi connectivity index (χ2n) is 5.96. The third-order valence-electron chi connectivity index (χ3n) is 3.17. The highest BCUT2D eigenvalue weighted by Crippen LogP contribution is 2.23. The van der Waals surface area contributed by atoms with Crippen LogP contribution in [0.15, 0.2) is 0 Å². The SMILES string of the molecule is CNc1nc(C)nc(N(CCN(C)C)CC(C)C)c1C. The zero-order valence-electron chi connectivity index (χ0n) is 14.0. The largest absolute Gasteiger partial charge is 0.373 e. The maximum atomic E-state index is 4.67. The van der Waals surface area contributed by atoms with Crippen molar-refractivity contribution >= 4 is 11.6 Å². The van der Waals surface area contributed by atoms with Crippen LogP contribution in [0.4, 0.5) is 11.6 Å². The van der Waals surface area contributed by atoms with E-state index in [1.165, 1.54) is 0 Å². The molecular formula is C15H29N5. The first-order chi connectivity index (χ1) is 9.35. The lowest BCUT2D eigenvalue weighted by molar-refractivity contribution is 0.408. The molecule has 1 aromatic heterocycles. The Kier molecular flexibility index (Phi) is 6.20. The van der Waals surface area contributed by atoms with Crippen molar-refractivity contribution in [3.05, 3.63) is 11.4 Å². The molecule has 1 aromatic rings. The average Bonchev–Trinajstić information content (AvgIpc) is 2.36. The van der Waals surface area contributed by atoms with Crippen LogP contribution in [0.25, 0.3) is 0 Å². The molecule has 1 N–H and O–H groups in total. The van der Waals surface area contributed by atoms with Crippen LogP contribution in [0.1, 0.15) is 25.2 Å². The van der Waals surface area contributed by atoms with Crippen molar-refractivity contribution in [2.45, 2.75) is 27.7 Å². The van der Waals surface area contributed by atoms with Gasteiger partial charge in [-0.05, 0) is 33.9 Å². The Morgan fingerprint density at radius 1 is 1.10 bits per heavy atom. The third kappa shape index (κ3) is 4.63. The van der Waals surface area contributed by atoms with Crippen molar-refractivity contribution in [2.75, 3.05) is 51.0 Å². The van der Waals surface area contributed by atoms with E-state index in [9.17, 15) is 0 Å². The van der Waals surface area contributed by atoms with Crippen LogP contribution >= 0.6 is 0 Å². The Morgan fingerprint density at radius 2 is 1.75 bits per heavy atom. The molecule has 5 nitrogen and oxygen atoms in total. The van der Waals surface area contributed by atoms with Gasteiger partial charge >= 0.3 is 0 Å². The highest BCUT2D eigenvalue weighted by atomic mass is 15.2. The number of aryl methyl sites for hydroxylation is 1. The van der Waals surface area contributed by atoms with E-state index in [-0.39, 0.29) is 0 Å². The first-order valence-corrected chi connectivity index (χ1v) is 7.27. The van der Waals surface area contributed by atoms with Crippen molar-refractivity contribution in [3.8, 4) is 0 Å². The van der Waals surface area contributed by atoms with Crippen LogP contribution in [0.2, 0.25) is 0 Å². The van der Waals surface area contributed by atoms with Crippen LogP contribution in [-0.2, 0) is 0 Å². The maximum absolute atomic E-state index is 4.67. The highest BCUT2D eigenvalue weighted by molar-refractivity contribution is 5.58. The normalized spacial score (nSPS) is 11.2. The molecule has 0 bridgehead atoms. The van der Waals surface area contributed by atoms with Gasteiger partial charge in [0.15, 0.2) is 0 Å². The molecule has 0 unspecified atom stereocenters. The monoisotopic (exact) mass is 279 g/mol. The Balaban J connectivity index is 3.08. The molecule has 0 aliphatic heterocycles. The molecule has 0 aliphatic rings. The van der Waals surface area contributed by atoms with Gasteiger partial charge in [0.1, 0.15) is 17.5 Å². The van der Waals surface area contributed by atoms with Crippen molar-refractivity contribution in [3.63, 3.8) is 0 Å². The third-order valence-corrected chi connectivity index (χ3v) is 3.17. The number of aromatic nitrogens is 2. The number of rotatable bonds is 7. The fraction of sp³-hybridized carbons (Fsp3) is 0.733. The minimum atomic E-state index is 0.602. The molecule has 1 rings (SSSR count). The van der Waals surface area contributed by atoms with E-state index < -0.39 is 0 Å². The lowest BCUT2D eigenvalue weighted by atomic mass is 10.2. The number of likely N-dealkylation sites (N-methyl/N-ethyl adjacent to an activating group) is 1. The molecule has 0 spiro atoms. The predicted molar refractivity (Wildman–Crippen MR) is 86.7 cm³/mol. The summed E-state index contributed by atoms with van der Waals surface area (Å²) >= 11 is 0. The van der Waals surface area contributed by atoms with Crippen LogP contribution in [0, 0.1) is 19.8 Å². The second kappa shape index (κ2) is 7.43. The van der Waals surface area contributed by atoms with E-state index in [0.717, 1.165) is 42.7 Å². The Hall–Kier alpha value is -1.36. The predicted octanol–water partition coefficient (Wildman–Crippen LogP) is 2.16. The van der Waals surface area contributed by atoms with Crippen LogP contribution in [0.5, 0.6) is 0 Å². The first-order valence-electron chi connectivity index (χ1n) is 7.27. The molecule has 0 aromatic carbocycles. The smallest absolute Gasteiger partial charge is 0.137 e. The van der Waals surface area contributed by atoms with Crippen molar-refractivity contribution < 1.29 is 0 Å². The van der Waals surface area contributed by atoms with Crippen LogP contribution < -0.4 is 10.2 Å². The summed E-state index contributed by atoms with van der Waals surface area (Å²) in [5.74, 6) is 3.39. The van der Waals surface area contributed by atoms with Gasteiger partial charge in [0.2, 0.25) is 0 Å². The fourth-order valence-corrected chi connectivity index (χ4v) is 2.21. The van der Waals surface area contributed by atoms with Gasteiger partial charge in [-0.2, -0.15) is 0 Å². The van der Waals surface area contributed by atoms with Crippen molar-refractivity contribution in [2.24, 2.45) is 5.92 Å². The standard InChI is InChI=1S/C15H29N5/c1-11(2)10-20(9-8-19(6)7)15-12(3)14(16-5)17-13(4)18-15/h11H,8-10H2,1-7H3,(H,16,17,18). The molecule has 0 fully saturated rings. The number of hydrogen-bond donors (Lipinski definition) is 1. The zero-order valence-corrected chi connectivity index (χ0v) is 14.0. The Labute approximate surface area is 123 Å². The quantitative estimate of drug-likeness (QED) is 0.828. The summed E-state index contributed by atoms with van der Waals surface area (Å²) < 4.78 is 0. The molecule has 0 saturated heterocycles. The van der Waals surface area contributed by atoms with E-state index in [0.29, 0.717) is 5.92 Å². The van der Waals surface area contributed by atoms with Gasteiger partial charge < -0.3 is 15.1 Å². The van der Waals surface area contributed by atoms with Crippen molar-refractivity contribution in [1.82, 2.24) is 14.9 Å². The van der Waals surface area contributed by atoms with E-state index >= 15 is 0 Å². The molecule has 0 aliphatic carbocycles. The van der Waals surface area contributed by atoms with Gasteiger partial charge in [-0.3, -0.25) is 0 Å². The highest BCUT2D eigenvalue weighted by Gasteiger charge is 2.16. The van der Waals surface area contributed by atoms with Gasteiger partial charge in [0.05, 0.1) is 0 Å². The number of hydrogen-bond acceptors (Lipinski definition) is 5. The zero-order chi connectivity index (χ0) is 15.3. The van der Waals surface area contributed by atoms with Gasteiger partial charge in [0, 0.05) is 32.2 Å². The molecule has 0 atom stereocenters. The lowest BCUT2D eigenvalue weighted by Gasteiger charge is -2.29. The first kappa shape index (κ1) is 16.7. The molecule has 114 valence electrons. The molecule has 0 radical (unpaired) electrons. The topological polar surface area (TPSA) is 44.3 Å². The molecular weight excluding hydrogens is 250 g/mol. The molecule has 1 heterocycles. The summed E-state index contributed by atoms with van der Waals surface area (Å²) in [5.41, 5.74) is 1.12. The minimum absolute atomic E-state index is 0.602. The molecule has 20 heavy (non-hydrogen) atoms.